The van der Waals surface area contributed by atoms with Gasteiger partial charge in [-0.3, -0.25) is 9.78 Å². The highest BCUT2D eigenvalue weighted by Gasteiger charge is 2.24. The fourth-order valence-electron chi connectivity index (χ4n) is 4.01. The molecule has 2 aliphatic rings. The highest BCUT2D eigenvalue weighted by molar-refractivity contribution is 8.14. The Morgan fingerprint density at radius 2 is 1.74 bits per heavy atom. The van der Waals surface area contributed by atoms with E-state index in [4.69, 9.17) is 9.98 Å². The van der Waals surface area contributed by atoms with E-state index in [1.807, 2.05) is 48.5 Å². The monoisotopic (exact) mass is 426 g/mol. The molecule has 0 bridgehead atoms. The SMILES string of the molecule is O=C(CSC1=Nc2ccccc2N=C(c2ccccn2)C1)N[C@@H]1CCc2ccccc21. The molecule has 3 aromatic rings. The lowest BCUT2D eigenvalue weighted by Gasteiger charge is -2.14. The highest BCUT2D eigenvalue weighted by Crippen LogP contribution is 2.33. The van der Waals surface area contributed by atoms with E-state index in [1.165, 1.54) is 22.9 Å². The van der Waals surface area contributed by atoms with Crippen LogP contribution >= 0.6 is 11.8 Å². The number of aromatic nitrogens is 1. The summed E-state index contributed by atoms with van der Waals surface area (Å²) in [4.78, 5) is 26.8. The molecule has 0 saturated heterocycles. The number of carbonyl (C=O) groups is 1. The van der Waals surface area contributed by atoms with Crippen molar-refractivity contribution < 1.29 is 4.79 Å². The number of fused-ring (bicyclic) bond motifs is 2. The molecule has 154 valence electrons. The topological polar surface area (TPSA) is 66.7 Å². The summed E-state index contributed by atoms with van der Waals surface area (Å²) in [6.07, 6.45) is 4.30. The third-order valence-corrected chi connectivity index (χ3v) is 6.47. The number of thioether (sulfide) groups is 1. The Hall–Kier alpha value is -3.25. The van der Waals surface area contributed by atoms with E-state index in [1.54, 1.807) is 6.20 Å². The number of amides is 1. The average Bonchev–Trinajstić information content (AvgIpc) is 3.10. The van der Waals surface area contributed by atoms with Crippen molar-refractivity contribution in [2.24, 2.45) is 9.98 Å². The van der Waals surface area contributed by atoms with Crippen LogP contribution in [0.15, 0.2) is 82.9 Å². The van der Waals surface area contributed by atoms with Gasteiger partial charge in [-0.15, -0.1) is 11.8 Å². The maximum atomic E-state index is 12.7. The molecule has 0 radical (unpaired) electrons. The molecular weight excluding hydrogens is 404 g/mol. The van der Waals surface area contributed by atoms with Crippen LogP contribution in [0.25, 0.3) is 0 Å². The van der Waals surface area contributed by atoms with Gasteiger partial charge in [0.25, 0.3) is 0 Å². The van der Waals surface area contributed by atoms with Crippen LogP contribution in [-0.2, 0) is 11.2 Å². The predicted octanol–water partition coefficient (Wildman–Crippen LogP) is 5.17. The van der Waals surface area contributed by atoms with Crippen molar-refractivity contribution in [2.75, 3.05) is 5.75 Å². The van der Waals surface area contributed by atoms with Crippen LogP contribution in [0.1, 0.15) is 35.7 Å². The number of para-hydroxylation sites is 2. The van der Waals surface area contributed by atoms with Crippen molar-refractivity contribution in [3.63, 3.8) is 0 Å². The molecule has 2 heterocycles. The zero-order chi connectivity index (χ0) is 21.0. The lowest BCUT2D eigenvalue weighted by Crippen LogP contribution is -2.29. The van der Waals surface area contributed by atoms with Crippen molar-refractivity contribution in [2.45, 2.75) is 25.3 Å². The Kier molecular flexibility index (Phi) is 5.63. The first kappa shape index (κ1) is 19.7. The van der Waals surface area contributed by atoms with Crippen LogP contribution in [-0.4, -0.2) is 27.4 Å². The predicted molar refractivity (Wildman–Crippen MR) is 127 cm³/mol. The minimum absolute atomic E-state index is 0.0308. The van der Waals surface area contributed by atoms with Crippen LogP contribution in [0, 0.1) is 0 Å². The minimum atomic E-state index is 0.0308. The van der Waals surface area contributed by atoms with E-state index in [-0.39, 0.29) is 11.9 Å². The molecule has 0 fully saturated rings. The molecule has 0 saturated carbocycles. The summed E-state index contributed by atoms with van der Waals surface area (Å²) >= 11 is 1.47. The first-order chi connectivity index (χ1) is 15.3. The molecule has 5 nitrogen and oxygen atoms in total. The Balaban J connectivity index is 1.30. The second-order valence-electron chi connectivity index (χ2n) is 7.59. The van der Waals surface area contributed by atoms with Gasteiger partial charge in [0.2, 0.25) is 5.91 Å². The Morgan fingerprint density at radius 1 is 0.968 bits per heavy atom. The van der Waals surface area contributed by atoms with Crippen molar-refractivity contribution in [1.82, 2.24) is 10.3 Å². The number of hydrogen-bond donors (Lipinski definition) is 1. The van der Waals surface area contributed by atoms with Crippen LogP contribution in [0.2, 0.25) is 0 Å². The highest BCUT2D eigenvalue weighted by atomic mass is 32.2. The Bertz CT molecular complexity index is 1170. The molecular formula is C25H22N4OS. The van der Waals surface area contributed by atoms with Gasteiger partial charge >= 0.3 is 0 Å². The third-order valence-electron chi connectivity index (χ3n) is 5.50. The standard InChI is InChI=1S/C25H22N4OS/c30-24(28-19-13-12-17-7-1-2-8-18(17)19)16-31-25-15-23(20-9-5-6-14-26-20)27-21-10-3-4-11-22(21)29-25/h1-11,14,19H,12-13,15-16H2,(H,28,30)/t19-/m1/s1. The van der Waals surface area contributed by atoms with Crippen LogP contribution in [0.3, 0.4) is 0 Å². The van der Waals surface area contributed by atoms with Gasteiger partial charge in [0, 0.05) is 12.6 Å². The summed E-state index contributed by atoms with van der Waals surface area (Å²) < 4.78 is 0. The lowest BCUT2D eigenvalue weighted by atomic mass is 10.1. The molecule has 2 aromatic carbocycles. The molecule has 1 atom stereocenters. The third kappa shape index (κ3) is 4.44. The summed E-state index contributed by atoms with van der Waals surface area (Å²) in [5, 5.41) is 4.07. The summed E-state index contributed by atoms with van der Waals surface area (Å²) in [7, 11) is 0. The van der Waals surface area contributed by atoms with Crippen LogP contribution in [0.5, 0.6) is 0 Å². The zero-order valence-corrected chi connectivity index (χ0v) is 17.8. The van der Waals surface area contributed by atoms with Gasteiger partial charge in [0.05, 0.1) is 39.6 Å². The minimum Gasteiger partial charge on any atom is -0.349 e. The van der Waals surface area contributed by atoms with Gasteiger partial charge in [-0.05, 0) is 48.2 Å². The van der Waals surface area contributed by atoms with E-state index in [2.05, 4.69) is 28.5 Å². The quantitative estimate of drug-likeness (QED) is 0.626. The maximum Gasteiger partial charge on any atom is 0.230 e. The summed E-state index contributed by atoms with van der Waals surface area (Å²) in [6, 6.07) is 22.1. The fraction of sp³-hybridized carbons (Fsp3) is 0.200. The Morgan fingerprint density at radius 3 is 2.58 bits per heavy atom. The van der Waals surface area contributed by atoms with Crippen molar-refractivity contribution in [3.05, 3.63) is 89.7 Å². The first-order valence-corrected chi connectivity index (χ1v) is 11.4. The zero-order valence-electron chi connectivity index (χ0n) is 17.0. The van der Waals surface area contributed by atoms with Crippen molar-refractivity contribution >= 4 is 39.8 Å². The van der Waals surface area contributed by atoms with Gasteiger partial charge in [0.15, 0.2) is 0 Å². The number of carbonyl (C=O) groups excluding carboxylic acids is 1. The van der Waals surface area contributed by atoms with Crippen molar-refractivity contribution in [3.8, 4) is 0 Å². The lowest BCUT2D eigenvalue weighted by molar-refractivity contribution is -0.119. The molecule has 5 rings (SSSR count). The van der Waals surface area contributed by atoms with E-state index < -0.39 is 0 Å². The van der Waals surface area contributed by atoms with E-state index in [0.29, 0.717) is 12.2 Å². The van der Waals surface area contributed by atoms with Gasteiger partial charge in [-0.25, -0.2) is 9.98 Å². The largest absolute Gasteiger partial charge is 0.349 e. The van der Waals surface area contributed by atoms with Gasteiger partial charge in [-0.2, -0.15) is 0 Å². The average molecular weight is 427 g/mol. The summed E-state index contributed by atoms with van der Waals surface area (Å²) in [5.41, 5.74) is 5.92. The van der Waals surface area contributed by atoms with Gasteiger partial charge in [0.1, 0.15) is 0 Å². The number of hydrogen-bond acceptors (Lipinski definition) is 5. The van der Waals surface area contributed by atoms with Crippen molar-refractivity contribution in [1.29, 1.82) is 0 Å². The molecule has 1 aliphatic carbocycles. The molecule has 1 N–H and O–H groups in total. The first-order valence-electron chi connectivity index (χ1n) is 10.4. The van der Waals surface area contributed by atoms with Gasteiger partial charge in [-0.1, -0.05) is 42.5 Å². The molecule has 31 heavy (non-hydrogen) atoms. The number of nitrogens with zero attached hydrogens (tertiary/aromatic N) is 3. The molecule has 1 amide bonds. The normalized spacial score (nSPS) is 17.1. The van der Waals surface area contributed by atoms with E-state index in [0.717, 1.165) is 40.7 Å². The number of rotatable bonds is 4. The number of pyridine rings is 1. The summed E-state index contributed by atoms with van der Waals surface area (Å²) in [5.74, 6) is 0.359. The second kappa shape index (κ2) is 8.86. The molecule has 6 heteroatoms. The summed E-state index contributed by atoms with van der Waals surface area (Å²) in [6.45, 7) is 0. The fourth-order valence-corrected chi connectivity index (χ4v) is 4.79. The second-order valence-corrected chi connectivity index (χ2v) is 8.64. The smallest absolute Gasteiger partial charge is 0.230 e. The van der Waals surface area contributed by atoms with Gasteiger partial charge < -0.3 is 5.32 Å². The number of aliphatic imine (C=N–C) groups is 2. The van der Waals surface area contributed by atoms with Crippen LogP contribution < -0.4 is 5.32 Å². The Labute approximate surface area is 185 Å². The number of aryl methyl sites for hydroxylation is 1. The number of nitrogens with one attached hydrogen (secondary N) is 1. The van der Waals surface area contributed by atoms with E-state index >= 15 is 0 Å². The van der Waals surface area contributed by atoms with Crippen LogP contribution in [0.4, 0.5) is 11.4 Å². The van der Waals surface area contributed by atoms with E-state index in [9.17, 15) is 4.79 Å². The molecule has 0 spiro atoms. The molecule has 1 aliphatic heterocycles. The number of benzene rings is 2. The molecule has 1 aromatic heterocycles. The maximum absolute atomic E-state index is 12.7. The molecule has 0 unspecified atom stereocenters.